The molecule has 0 N–H and O–H groups in total. The molecule has 0 saturated heterocycles. The monoisotopic (exact) mass is 712 g/mol. The highest BCUT2D eigenvalue weighted by molar-refractivity contribution is 6.15. The van der Waals surface area contributed by atoms with Crippen molar-refractivity contribution < 1.29 is 0 Å². The zero-order valence-corrected chi connectivity index (χ0v) is 30.3. The van der Waals surface area contributed by atoms with Crippen molar-refractivity contribution in [3.63, 3.8) is 0 Å². The Morgan fingerprint density at radius 1 is 0.268 bits per heavy atom. The predicted molar refractivity (Wildman–Crippen MR) is 232 cm³/mol. The molecule has 0 spiro atoms. The van der Waals surface area contributed by atoms with Crippen molar-refractivity contribution >= 4 is 54.0 Å². The van der Waals surface area contributed by atoms with Crippen LogP contribution in [-0.2, 0) is 0 Å². The van der Waals surface area contributed by atoms with Crippen molar-refractivity contribution in [3.8, 4) is 56.5 Å². The maximum atomic E-state index is 5.41. The molecule has 56 heavy (non-hydrogen) atoms. The van der Waals surface area contributed by atoms with E-state index in [2.05, 4.69) is 164 Å². The van der Waals surface area contributed by atoms with E-state index in [1.54, 1.807) is 0 Å². The van der Waals surface area contributed by atoms with Crippen LogP contribution in [0.25, 0.3) is 111 Å². The van der Waals surface area contributed by atoms with Gasteiger partial charge in [0.25, 0.3) is 0 Å². The molecule has 260 valence electrons. The summed E-state index contributed by atoms with van der Waals surface area (Å²) in [6, 6.07) is 68.0. The Balaban J connectivity index is 1.12. The van der Waals surface area contributed by atoms with Gasteiger partial charge in [-0.1, -0.05) is 170 Å². The highest BCUT2D eigenvalue weighted by Gasteiger charge is 2.18. The number of nitrogens with zero attached hydrogens (tertiary/aromatic N) is 4. The molecule has 0 unspecified atom stereocenters. The van der Waals surface area contributed by atoms with E-state index < -0.39 is 0 Å². The first-order valence-corrected chi connectivity index (χ1v) is 18.9. The second-order valence-electron chi connectivity index (χ2n) is 14.2. The fraction of sp³-hybridized carbons (Fsp3) is 0. The Labute approximate surface area is 323 Å². The van der Waals surface area contributed by atoms with Gasteiger partial charge in [-0.15, -0.1) is 0 Å². The molecule has 4 nitrogen and oxygen atoms in total. The lowest BCUT2D eigenvalue weighted by Crippen LogP contribution is -1.98. The smallest absolute Gasteiger partial charge is 0.161 e. The molecule has 2 heterocycles. The summed E-state index contributed by atoms with van der Waals surface area (Å²) in [5.41, 5.74) is 8.61. The Morgan fingerprint density at radius 3 is 1.45 bits per heavy atom. The first kappa shape index (κ1) is 31.9. The Kier molecular flexibility index (Phi) is 7.46. The summed E-state index contributed by atoms with van der Waals surface area (Å²) in [6.07, 6.45) is 0. The minimum atomic E-state index is 0.684. The fourth-order valence-electron chi connectivity index (χ4n) is 8.17. The molecule has 9 aromatic carbocycles. The van der Waals surface area contributed by atoms with Crippen LogP contribution in [-0.4, -0.2) is 19.9 Å². The Morgan fingerprint density at radius 2 is 0.768 bits per heavy atom. The van der Waals surface area contributed by atoms with Crippen molar-refractivity contribution in [2.75, 3.05) is 0 Å². The van der Waals surface area contributed by atoms with E-state index in [-0.39, 0.29) is 0 Å². The SMILES string of the molecule is c1ccc(-c2nc(-c3ccc(-c4cc(-c5cc6ccccc6c6ccccc56)nc(-c5cc6ccccc6c6ccccc56)n4)cc3)nc3ccccc23)cc1. The summed E-state index contributed by atoms with van der Waals surface area (Å²) in [7, 11) is 0. The number of benzene rings is 9. The molecule has 0 aliphatic rings. The molecule has 0 saturated carbocycles. The number of hydrogen-bond donors (Lipinski definition) is 0. The van der Waals surface area contributed by atoms with Crippen molar-refractivity contribution in [2.24, 2.45) is 0 Å². The molecular weight excluding hydrogens is 681 g/mol. The van der Waals surface area contributed by atoms with Gasteiger partial charge in [0.1, 0.15) is 0 Å². The van der Waals surface area contributed by atoms with Gasteiger partial charge >= 0.3 is 0 Å². The maximum absolute atomic E-state index is 5.41. The van der Waals surface area contributed by atoms with Crippen molar-refractivity contribution in [2.45, 2.75) is 0 Å². The Hall–Kier alpha value is -7.56. The average Bonchev–Trinajstić information content (AvgIpc) is 3.28. The second-order valence-corrected chi connectivity index (χ2v) is 14.2. The molecule has 0 bridgehead atoms. The number of fused-ring (bicyclic) bond motifs is 7. The first-order chi connectivity index (χ1) is 27.7. The standard InChI is InChI=1S/C52H32N4/c1-2-14-34(15-3-1)50-44-24-12-13-25-47(44)53-51(56-50)35-28-26-33(27-29-35)48-32-49(45-30-36-16-4-6-18-38(36)40-20-8-10-22-42(40)45)55-52(54-48)46-31-37-17-5-7-19-39(37)41-21-9-11-23-43(41)46/h1-32H. The molecule has 0 radical (unpaired) electrons. The molecule has 0 aliphatic heterocycles. The average molecular weight is 713 g/mol. The van der Waals surface area contributed by atoms with Crippen molar-refractivity contribution in [1.82, 2.24) is 19.9 Å². The lowest BCUT2D eigenvalue weighted by atomic mass is 9.94. The van der Waals surface area contributed by atoms with Gasteiger partial charge in [-0.05, 0) is 67.4 Å². The van der Waals surface area contributed by atoms with Crippen LogP contribution in [0, 0.1) is 0 Å². The van der Waals surface area contributed by atoms with Gasteiger partial charge in [0.2, 0.25) is 0 Å². The summed E-state index contributed by atoms with van der Waals surface area (Å²) in [4.78, 5) is 20.9. The summed E-state index contributed by atoms with van der Waals surface area (Å²) in [6.45, 7) is 0. The quantitative estimate of drug-likeness (QED) is 0.167. The van der Waals surface area contributed by atoms with E-state index in [0.29, 0.717) is 11.6 Å². The van der Waals surface area contributed by atoms with E-state index in [0.717, 1.165) is 72.0 Å². The van der Waals surface area contributed by atoms with Crippen LogP contribution >= 0.6 is 0 Å². The fourth-order valence-corrected chi connectivity index (χ4v) is 8.17. The molecule has 2 aromatic heterocycles. The third kappa shape index (κ3) is 5.39. The van der Waals surface area contributed by atoms with Gasteiger partial charge in [-0.2, -0.15) is 0 Å². The summed E-state index contributed by atoms with van der Waals surface area (Å²) in [5, 5.41) is 10.5. The lowest BCUT2D eigenvalue weighted by molar-refractivity contribution is 1.19. The van der Waals surface area contributed by atoms with Crippen molar-refractivity contribution in [1.29, 1.82) is 0 Å². The topological polar surface area (TPSA) is 51.6 Å². The first-order valence-electron chi connectivity index (χ1n) is 18.9. The van der Waals surface area contributed by atoms with Gasteiger partial charge in [0.15, 0.2) is 11.6 Å². The largest absolute Gasteiger partial charge is 0.228 e. The number of rotatable bonds is 5. The third-order valence-electron chi connectivity index (χ3n) is 10.9. The van der Waals surface area contributed by atoms with Crippen LogP contribution < -0.4 is 0 Å². The molecule has 0 amide bonds. The summed E-state index contributed by atoms with van der Waals surface area (Å²) < 4.78 is 0. The highest BCUT2D eigenvalue weighted by Crippen LogP contribution is 2.39. The van der Waals surface area contributed by atoms with Crippen LogP contribution in [0.5, 0.6) is 0 Å². The molecule has 11 aromatic rings. The van der Waals surface area contributed by atoms with Gasteiger partial charge in [0, 0.05) is 33.2 Å². The number of aromatic nitrogens is 4. The lowest BCUT2D eigenvalue weighted by Gasteiger charge is -2.15. The van der Waals surface area contributed by atoms with E-state index in [4.69, 9.17) is 19.9 Å². The second kappa shape index (κ2) is 13.1. The maximum Gasteiger partial charge on any atom is 0.161 e. The van der Waals surface area contributed by atoms with Crippen LogP contribution in [0.4, 0.5) is 0 Å². The minimum absolute atomic E-state index is 0.684. The molecule has 4 heteroatoms. The summed E-state index contributed by atoms with van der Waals surface area (Å²) in [5.74, 6) is 1.37. The molecular formula is C52H32N4. The molecule has 11 rings (SSSR count). The summed E-state index contributed by atoms with van der Waals surface area (Å²) >= 11 is 0. The van der Waals surface area contributed by atoms with Gasteiger partial charge in [-0.3, -0.25) is 0 Å². The number of hydrogen-bond acceptors (Lipinski definition) is 4. The van der Waals surface area contributed by atoms with E-state index in [1.807, 2.05) is 30.3 Å². The van der Waals surface area contributed by atoms with E-state index in [9.17, 15) is 0 Å². The predicted octanol–water partition coefficient (Wildman–Crippen LogP) is 13.4. The normalized spacial score (nSPS) is 11.6. The number of para-hydroxylation sites is 1. The molecule has 0 atom stereocenters. The third-order valence-corrected chi connectivity index (χ3v) is 10.9. The van der Waals surface area contributed by atoms with Gasteiger partial charge < -0.3 is 0 Å². The van der Waals surface area contributed by atoms with Crippen molar-refractivity contribution in [3.05, 3.63) is 194 Å². The minimum Gasteiger partial charge on any atom is -0.228 e. The van der Waals surface area contributed by atoms with Gasteiger partial charge in [0.05, 0.1) is 22.6 Å². The van der Waals surface area contributed by atoms with Gasteiger partial charge in [-0.25, -0.2) is 19.9 Å². The van der Waals surface area contributed by atoms with E-state index in [1.165, 1.54) is 26.9 Å². The van der Waals surface area contributed by atoms with Crippen LogP contribution in [0.15, 0.2) is 194 Å². The molecule has 0 aliphatic carbocycles. The van der Waals surface area contributed by atoms with Crippen LogP contribution in [0.1, 0.15) is 0 Å². The molecule has 0 fully saturated rings. The van der Waals surface area contributed by atoms with Crippen LogP contribution in [0.3, 0.4) is 0 Å². The van der Waals surface area contributed by atoms with Crippen LogP contribution in [0.2, 0.25) is 0 Å². The van der Waals surface area contributed by atoms with E-state index >= 15 is 0 Å². The zero-order valence-electron chi connectivity index (χ0n) is 30.3. The zero-order chi connectivity index (χ0) is 37.0. The highest BCUT2D eigenvalue weighted by atomic mass is 14.9. The Bertz CT molecular complexity index is 3160.